The molecule has 3 aromatic carbocycles. The van der Waals surface area contributed by atoms with Crippen molar-refractivity contribution in [1.29, 1.82) is 0 Å². The minimum Gasteiger partial charge on any atom is -0.354 e. The van der Waals surface area contributed by atoms with Crippen LogP contribution >= 0.6 is 11.6 Å². The monoisotopic (exact) mass is 597 g/mol. The second-order valence-electron chi connectivity index (χ2n) is 10.4. The summed E-state index contributed by atoms with van der Waals surface area (Å²) < 4.78 is 29.2. The normalized spacial score (nSPS) is 12.0. The summed E-state index contributed by atoms with van der Waals surface area (Å²) in [6.45, 7) is 9.70. The van der Waals surface area contributed by atoms with Crippen LogP contribution in [0.5, 0.6) is 0 Å². The van der Waals surface area contributed by atoms with Gasteiger partial charge in [-0.25, -0.2) is 8.42 Å². The van der Waals surface area contributed by atoms with Gasteiger partial charge in [0.2, 0.25) is 11.8 Å². The van der Waals surface area contributed by atoms with Crippen LogP contribution in [-0.4, -0.2) is 44.3 Å². The zero-order valence-corrected chi connectivity index (χ0v) is 26.1. The number of sulfonamides is 1. The summed E-state index contributed by atoms with van der Waals surface area (Å²) in [4.78, 5) is 29.0. The van der Waals surface area contributed by atoms with E-state index in [0.29, 0.717) is 23.7 Å². The predicted molar refractivity (Wildman–Crippen MR) is 166 cm³/mol. The summed E-state index contributed by atoms with van der Waals surface area (Å²) >= 11 is 6.08. The van der Waals surface area contributed by atoms with E-state index in [1.54, 1.807) is 60.7 Å². The molecule has 0 aliphatic heterocycles. The third kappa shape index (κ3) is 8.57. The molecule has 9 heteroatoms. The minimum absolute atomic E-state index is 0.0867. The number of nitrogens with one attached hydrogen (secondary N) is 1. The molecule has 7 nitrogen and oxygen atoms in total. The van der Waals surface area contributed by atoms with Gasteiger partial charge in [-0.3, -0.25) is 13.9 Å². The van der Waals surface area contributed by atoms with Crippen molar-refractivity contribution in [2.75, 3.05) is 17.4 Å². The maximum absolute atomic E-state index is 14.1. The van der Waals surface area contributed by atoms with E-state index in [9.17, 15) is 18.0 Å². The third-order valence-corrected chi connectivity index (χ3v) is 8.90. The van der Waals surface area contributed by atoms with Crippen molar-refractivity contribution in [1.82, 2.24) is 10.2 Å². The Hall–Kier alpha value is -3.36. The van der Waals surface area contributed by atoms with Gasteiger partial charge in [-0.2, -0.15) is 0 Å². The highest BCUT2D eigenvalue weighted by atomic mass is 35.5. The zero-order chi connectivity index (χ0) is 30.2. The molecule has 0 spiro atoms. The summed E-state index contributed by atoms with van der Waals surface area (Å²) in [6.07, 6.45) is 2.11. The highest BCUT2D eigenvalue weighted by molar-refractivity contribution is 7.92. The fraction of sp³-hybridized carbons (Fsp3) is 0.375. The second-order valence-corrected chi connectivity index (χ2v) is 12.7. The van der Waals surface area contributed by atoms with Crippen LogP contribution < -0.4 is 9.62 Å². The van der Waals surface area contributed by atoms with Crippen LogP contribution in [0.1, 0.15) is 55.4 Å². The summed E-state index contributed by atoms with van der Waals surface area (Å²) in [6, 6.07) is 18.3. The SMILES string of the molecule is CCCCNC(=O)C(CC)N(Cc1ccc(Cl)cc1)C(=O)CN(c1cc(C)cc(C)c1)S(=O)(=O)c1ccc(C)cc1. The molecule has 3 aromatic rings. The van der Waals surface area contributed by atoms with Crippen molar-refractivity contribution in [3.05, 3.63) is 94.0 Å². The van der Waals surface area contributed by atoms with Gasteiger partial charge in [0.05, 0.1) is 10.6 Å². The second kappa shape index (κ2) is 14.5. The number of hydrogen-bond donors (Lipinski definition) is 1. The molecular weight excluding hydrogens is 558 g/mol. The van der Waals surface area contributed by atoms with E-state index in [0.717, 1.165) is 39.4 Å². The van der Waals surface area contributed by atoms with Crippen LogP contribution in [0.4, 0.5) is 5.69 Å². The minimum atomic E-state index is -4.11. The number of amides is 2. The van der Waals surface area contributed by atoms with Crippen molar-refractivity contribution >= 4 is 39.1 Å². The Morgan fingerprint density at radius 1 is 0.878 bits per heavy atom. The number of rotatable bonds is 13. The number of carbonyl (C=O) groups excluding carboxylic acids is 2. The van der Waals surface area contributed by atoms with Gasteiger partial charge in [-0.15, -0.1) is 0 Å². The Balaban J connectivity index is 2.06. The van der Waals surface area contributed by atoms with E-state index in [1.807, 2.05) is 40.7 Å². The van der Waals surface area contributed by atoms with Crippen LogP contribution in [0, 0.1) is 20.8 Å². The first-order valence-electron chi connectivity index (χ1n) is 14.0. The van der Waals surface area contributed by atoms with E-state index < -0.39 is 28.5 Å². The molecule has 1 unspecified atom stereocenters. The molecule has 0 bridgehead atoms. The van der Waals surface area contributed by atoms with E-state index in [4.69, 9.17) is 11.6 Å². The summed E-state index contributed by atoms with van der Waals surface area (Å²) in [5.41, 5.74) is 3.84. The molecule has 1 atom stereocenters. The Kier molecular flexibility index (Phi) is 11.4. The fourth-order valence-electron chi connectivity index (χ4n) is 4.67. The largest absolute Gasteiger partial charge is 0.354 e. The zero-order valence-electron chi connectivity index (χ0n) is 24.5. The molecule has 0 aliphatic rings. The van der Waals surface area contributed by atoms with E-state index >= 15 is 0 Å². The average molecular weight is 598 g/mol. The van der Waals surface area contributed by atoms with Crippen LogP contribution in [0.2, 0.25) is 5.02 Å². The van der Waals surface area contributed by atoms with Gasteiger partial charge in [0.25, 0.3) is 10.0 Å². The number of hydrogen-bond acceptors (Lipinski definition) is 4. The lowest BCUT2D eigenvalue weighted by Crippen LogP contribution is -2.52. The Labute approximate surface area is 249 Å². The molecule has 0 saturated heterocycles. The number of nitrogens with zero attached hydrogens (tertiary/aromatic N) is 2. The lowest BCUT2D eigenvalue weighted by atomic mass is 10.1. The van der Waals surface area contributed by atoms with Gasteiger partial charge in [0.1, 0.15) is 12.6 Å². The highest BCUT2D eigenvalue weighted by Gasteiger charge is 2.33. The molecule has 0 heterocycles. The van der Waals surface area contributed by atoms with E-state index in [2.05, 4.69) is 5.32 Å². The number of anilines is 1. The molecule has 2 amide bonds. The molecule has 0 aliphatic carbocycles. The van der Waals surface area contributed by atoms with Crippen LogP contribution in [0.15, 0.2) is 71.6 Å². The van der Waals surface area contributed by atoms with Crippen LogP contribution in [0.3, 0.4) is 0 Å². The van der Waals surface area contributed by atoms with Gasteiger partial charge in [-0.1, -0.05) is 67.8 Å². The molecule has 0 aromatic heterocycles. The van der Waals surface area contributed by atoms with E-state index in [1.165, 1.54) is 4.90 Å². The molecule has 41 heavy (non-hydrogen) atoms. The molecule has 0 radical (unpaired) electrons. The van der Waals surface area contributed by atoms with Gasteiger partial charge in [-0.05, 0) is 86.7 Å². The lowest BCUT2D eigenvalue weighted by Gasteiger charge is -2.33. The van der Waals surface area contributed by atoms with Crippen molar-refractivity contribution in [2.45, 2.75) is 71.4 Å². The smallest absolute Gasteiger partial charge is 0.264 e. The molecule has 0 saturated carbocycles. The fourth-order valence-corrected chi connectivity index (χ4v) is 6.20. The van der Waals surface area contributed by atoms with Crippen molar-refractivity contribution in [2.24, 2.45) is 0 Å². The number of carbonyl (C=O) groups is 2. The van der Waals surface area contributed by atoms with Crippen molar-refractivity contribution in [3.8, 4) is 0 Å². The standard InChI is InChI=1S/C32H40ClN3O4S/c1-6-8-17-34-32(38)30(7-2)35(21-26-11-13-27(33)14-12-26)31(37)22-36(28-19-24(4)18-25(5)20-28)41(39,40)29-15-9-23(3)10-16-29/h9-16,18-20,30H,6-8,17,21-22H2,1-5H3,(H,34,38). The molecule has 1 N–H and O–H groups in total. The molecular formula is C32H40ClN3O4S. The molecule has 220 valence electrons. The Morgan fingerprint density at radius 3 is 2.05 bits per heavy atom. The van der Waals surface area contributed by atoms with E-state index in [-0.39, 0.29) is 17.3 Å². The predicted octanol–water partition coefficient (Wildman–Crippen LogP) is 6.18. The quantitative estimate of drug-likeness (QED) is 0.238. The van der Waals surface area contributed by atoms with Gasteiger partial charge in [0.15, 0.2) is 0 Å². The van der Waals surface area contributed by atoms with Crippen LogP contribution in [0.25, 0.3) is 0 Å². The lowest BCUT2D eigenvalue weighted by molar-refractivity contribution is -0.140. The van der Waals surface area contributed by atoms with Crippen molar-refractivity contribution < 1.29 is 18.0 Å². The Morgan fingerprint density at radius 2 is 1.49 bits per heavy atom. The first-order chi connectivity index (χ1) is 19.5. The topological polar surface area (TPSA) is 86.8 Å². The van der Waals surface area contributed by atoms with Gasteiger partial charge < -0.3 is 10.2 Å². The number of halogens is 1. The van der Waals surface area contributed by atoms with Gasteiger partial charge >= 0.3 is 0 Å². The number of unbranched alkanes of at least 4 members (excludes halogenated alkanes) is 1. The molecule has 3 rings (SSSR count). The van der Waals surface area contributed by atoms with Crippen molar-refractivity contribution in [3.63, 3.8) is 0 Å². The van der Waals surface area contributed by atoms with Crippen LogP contribution in [-0.2, 0) is 26.2 Å². The van der Waals surface area contributed by atoms with Gasteiger partial charge in [0, 0.05) is 18.1 Å². The maximum atomic E-state index is 14.1. The molecule has 0 fully saturated rings. The summed E-state index contributed by atoms with van der Waals surface area (Å²) in [7, 11) is -4.11. The first-order valence-corrected chi connectivity index (χ1v) is 15.8. The average Bonchev–Trinajstić information content (AvgIpc) is 2.92. The third-order valence-electron chi connectivity index (χ3n) is 6.86. The summed E-state index contributed by atoms with van der Waals surface area (Å²) in [5, 5.41) is 3.50. The number of benzene rings is 3. The highest BCUT2D eigenvalue weighted by Crippen LogP contribution is 2.27. The maximum Gasteiger partial charge on any atom is 0.264 e. The number of aryl methyl sites for hydroxylation is 3. The first kappa shape index (κ1) is 32.2. The summed E-state index contributed by atoms with van der Waals surface area (Å²) in [5.74, 6) is -0.741. The Bertz CT molecular complexity index is 1420.